The first-order valence-electron chi connectivity index (χ1n) is 6.89. The summed E-state index contributed by atoms with van der Waals surface area (Å²) in [6, 6.07) is 0. The fourth-order valence-electron chi connectivity index (χ4n) is 2.73. The number of rotatable bonds is 3. The summed E-state index contributed by atoms with van der Waals surface area (Å²) in [7, 11) is 0. The Morgan fingerprint density at radius 3 is 2.35 bits per heavy atom. The van der Waals surface area contributed by atoms with E-state index in [-0.39, 0.29) is 0 Å². The lowest BCUT2D eigenvalue weighted by atomic mass is 9.77. The third-order valence-corrected chi connectivity index (χ3v) is 4.05. The smallest absolute Gasteiger partial charge is 0.0867 e. The number of β-amino-alcohol motifs (C(OH)–C–C–N with tert-alkyl or cyclic N) is 1. The van der Waals surface area contributed by atoms with E-state index < -0.39 is 5.60 Å². The van der Waals surface area contributed by atoms with Crippen molar-refractivity contribution < 1.29 is 5.11 Å². The van der Waals surface area contributed by atoms with E-state index in [1.807, 2.05) is 6.92 Å². The summed E-state index contributed by atoms with van der Waals surface area (Å²) < 4.78 is 0. The summed E-state index contributed by atoms with van der Waals surface area (Å²) in [6.45, 7) is 12.1. The van der Waals surface area contributed by atoms with Gasteiger partial charge in [0.15, 0.2) is 0 Å². The fraction of sp³-hybridized carbons (Fsp3) is 1.00. The monoisotopic (exact) mass is 242 g/mol. The fourth-order valence-corrected chi connectivity index (χ4v) is 2.73. The maximum Gasteiger partial charge on any atom is 0.0867 e. The van der Waals surface area contributed by atoms with Gasteiger partial charge < -0.3 is 15.7 Å². The zero-order valence-electron chi connectivity index (χ0n) is 12.0. The summed E-state index contributed by atoms with van der Waals surface area (Å²) in [4.78, 5) is 2.37. The van der Waals surface area contributed by atoms with Crippen molar-refractivity contribution in [2.24, 2.45) is 17.1 Å². The first-order chi connectivity index (χ1) is 7.74. The first-order valence-corrected chi connectivity index (χ1v) is 6.89. The molecule has 1 fully saturated rings. The molecule has 0 spiro atoms. The number of nitrogens with zero attached hydrogens (tertiary/aromatic N) is 1. The molecule has 0 aromatic heterocycles. The van der Waals surface area contributed by atoms with E-state index in [4.69, 9.17) is 5.73 Å². The van der Waals surface area contributed by atoms with Gasteiger partial charge in [-0.15, -0.1) is 0 Å². The molecule has 3 N–H and O–H groups in total. The van der Waals surface area contributed by atoms with Crippen LogP contribution >= 0.6 is 0 Å². The van der Waals surface area contributed by atoms with Gasteiger partial charge >= 0.3 is 0 Å². The molecule has 2 unspecified atom stereocenters. The quantitative estimate of drug-likeness (QED) is 0.794. The lowest BCUT2D eigenvalue weighted by molar-refractivity contribution is 0.0276. The predicted molar refractivity (Wildman–Crippen MR) is 72.9 cm³/mol. The maximum atomic E-state index is 10.0. The lowest BCUT2D eigenvalue weighted by Gasteiger charge is -2.31. The Morgan fingerprint density at radius 1 is 1.18 bits per heavy atom. The van der Waals surface area contributed by atoms with Crippen molar-refractivity contribution in [2.75, 3.05) is 26.2 Å². The van der Waals surface area contributed by atoms with Crippen LogP contribution in [0.15, 0.2) is 0 Å². The number of hydrogen-bond acceptors (Lipinski definition) is 3. The van der Waals surface area contributed by atoms with Crippen LogP contribution in [0.2, 0.25) is 0 Å². The molecule has 0 bridgehead atoms. The van der Waals surface area contributed by atoms with E-state index in [0.29, 0.717) is 18.5 Å². The molecule has 1 heterocycles. The average molecular weight is 242 g/mol. The molecule has 0 aromatic carbocycles. The highest BCUT2D eigenvalue weighted by atomic mass is 16.3. The predicted octanol–water partition coefficient (Wildman–Crippen LogP) is 1.84. The van der Waals surface area contributed by atoms with Gasteiger partial charge in [-0.3, -0.25) is 0 Å². The number of hydrogen-bond donors (Lipinski definition) is 2. The van der Waals surface area contributed by atoms with Crippen molar-refractivity contribution >= 4 is 0 Å². The highest BCUT2D eigenvalue weighted by molar-refractivity contribution is 4.83. The second-order valence-corrected chi connectivity index (χ2v) is 6.97. The third kappa shape index (κ3) is 4.94. The van der Waals surface area contributed by atoms with Crippen molar-refractivity contribution in [2.45, 2.75) is 52.6 Å². The van der Waals surface area contributed by atoms with Crippen LogP contribution in [0.4, 0.5) is 0 Å². The molecule has 1 saturated heterocycles. The molecule has 1 aliphatic rings. The van der Waals surface area contributed by atoms with Crippen LogP contribution in [0, 0.1) is 11.3 Å². The molecule has 0 aromatic rings. The number of nitrogens with two attached hydrogens (primary N) is 1. The highest BCUT2D eigenvalue weighted by Gasteiger charge is 2.29. The minimum absolute atomic E-state index is 0.339. The van der Waals surface area contributed by atoms with Gasteiger partial charge in [0.05, 0.1) is 5.60 Å². The van der Waals surface area contributed by atoms with Crippen molar-refractivity contribution in [1.82, 2.24) is 4.90 Å². The summed E-state index contributed by atoms with van der Waals surface area (Å²) >= 11 is 0. The Kier molecular flexibility index (Phi) is 4.99. The molecule has 2 atom stereocenters. The van der Waals surface area contributed by atoms with Gasteiger partial charge in [0, 0.05) is 13.1 Å². The van der Waals surface area contributed by atoms with Crippen molar-refractivity contribution in [1.29, 1.82) is 0 Å². The largest absolute Gasteiger partial charge is 0.388 e. The zero-order chi connectivity index (χ0) is 13.1. The maximum absolute atomic E-state index is 10.0. The van der Waals surface area contributed by atoms with E-state index in [1.165, 1.54) is 19.3 Å². The van der Waals surface area contributed by atoms with Gasteiger partial charge in [-0.05, 0) is 50.6 Å². The van der Waals surface area contributed by atoms with Crippen LogP contribution in [0.3, 0.4) is 0 Å². The Bertz CT molecular complexity index is 233. The van der Waals surface area contributed by atoms with Gasteiger partial charge in [0.25, 0.3) is 0 Å². The highest BCUT2D eigenvalue weighted by Crippen LogP contribution is 2.34. The van der Waals surface area contributed by atoms with Gasteiger partial charge in [0.1, 0.15) is 0 Å². The van der Waals surface area contributed by atoms with Crippen LogP contribution in [0.1, 0.15) is 47.0 Å². The van der Waals surface area contributed by atoms with Crippen molar-refractivity contribution in [3.8, 4) is 0 Å². The molecule has 1 rings (SSSR count). The van der Waals surface area contributed by atoms with E-state index in [9.17, 15) is 5.11 Å². The molecule has 17 heavy (non-hydrogen) atoms. The van der Waals surface area contributed by atoms with Crippen LogP contribution in [0.5, 0.6) is 0 Å². The van der Waals surface area contributed by atoms with Gasteiger partial charge in [-0.25, -0.2) is 0 Å². The molecule has 0 aliphatic carbocycles. The molecular formula is C14H30N2O. The summed E-state index contributed by atoms with van der Waals surface area (Å²) in [5, 5.41) is 10.0. The molecule has 3 nitrogen and oxygen atoms in total. The minimum atomic E-state index is -0.735. The third-order valence-electron chi connectivity index (χ3n) is 4.05. The molecule has 3 heteroatoms. The molecule has 0 amide bonds. The molecule has 102 valence electrons. The Balaban J connectivity index is 2.48. The molecule has 0 saturated carbocycles. The van der Waals surface area contributed by atoms with Gasteiger partial charge in [0.2, 0.25) is 0 Å². The zero-order valence-corrected chi connectivity index (χ0v) is 12.0. The number of aliphatic hydroxyl groups is 1. The normalized spacial score (nSPS) is 27.5. The second kappa shape index (κ2) is 5.68. The molecule has 0 radical (unpaired) electrons. The van der Waals surface area contributed by atoms with E-state index >= 15 is 0 Å². The topological polar surface area (TPSA) is 49.5 Å². The van der Waals surface area contributed by atoms with Crippen LogP contribution in [-0.2, 0) is 0 Å². The van der Waals surface area contributed by atoms with E-state index in [0.717, 1.165) is 19.0 Å². The standard InChI is InChI=1S/C14H30N2O/c1-13(2,3)12-6-5-8-16(9-7-12)11-14(4,17)10-15/h12,17H,5-11,15H2,1-4H3. The Hall–Kier alpha value is -0.120. The van der Waals surface area contributed by atoms with Crippen LogP contribution < -0.4 is 5.73 Å². The summed E-state index contributed by atoms with van der Waals surface area (Å²) in [5.74, 6) is 0.801. The van der Waals surface area contributed by atoms with E-state index in [2.05, 4.69) is 25.7 Å². The first kappa shape index (κ1) is 14.9. The average Bonchev–Trinajstić information content (AvgIpc) is 2.42. The second-order valence-electron chi connectivity index (χ2n) is 6.97. The Labute approximate surface area is 106 Å². The molecular weight excluding hydrogens is 212 g/mol. The SMILES string of the molecule is CC(O)(CN)CN1CCCC(C(C)(C)C)CC1. The van der Waals surface area contributed by atoms with Gasteiger partial charge in [-0.2, -0.15) is 0 Å². The van der Waals surface area contributed by atoms with Crippen molar-refractivity contribution in [3.05, 3.63) is 0 Å². The Morgan fingerprint density at radius 2 is 1.82 bits per heavy atom. The van der Waals surface area contributed by atoms with Crippen LogP contribution in [0.25, 0.3) is 0 Å². The summed E-state index contributed by atoms with van der Waals surface area (Å²) in [6.07, 6.45) is 3.79. The van der Waals surface area contributed by atoms with Crippen LogP contribution in [-0.4, -0.2) is 41.8 Å². The van der Waals surface area contributed by atoms with Crippen molar-refractivity contribution in [3.63, 3.8) is 0 Å². The number of likely N-dealkylation sites (tertiary alicyclic amines) is 1. The minimum Gasteiger partial charge on any atom is -0.388 e. The van der Waals surface area contributed by atoms with E-state index in [1.54, 1.807) is 0 Å². The summed E-state index contributed by atoms with van der Waals surface area (Å²) in [5.41, 5.74) is 5.26. The van der Waals surface area contributed by atoms with Gasteiger partial charge in [-0.1, -0.05) is 20.8 Å². The lowest BCUT2D eigenvalue weighted by Crippen LogP contribution is -2.46. The molecule has 1 aliphatic heterocycles.